The summed E-state index contributed by atoms with van der Waals surface area (Å²) in [6.07, 6.45) is 1.64. The van der Waals surface area contributed by atoms with Crippen LogP contribution in [0.3, 0.4) is 0 Å². The van der Waals surface area contributed by atoms with Gasteiger partial charge in [-0.25, -0.2) is 4.39 Å². The summed E-state index contributed by atoms with van der Waals surface area (Å²) in [5.74, 6) is 0.337. The fourth-order valence-electron chi connectivity index (χ4n) is 1.91. The van der Waals surface area contributed by atoms with Gasteiger partial charge in [-0.05, 0) is 36.4 Å². The quantitative estimate of drug-likeness (QED) is 0.655. The van der Waals surface area contributed by atoms with Gasteiger partial charge in [-0.15, -0.1) is 0 Å². The summed E-state index contributed by atoms with van der Waals surface area (Å²) >= 11 is 5.95. The molecule has 106 valence electrons. The second-order valence-corrected chi connectivity index (χ2v) is 4.87. The predicted molar refractivity (Wildman–Crippen MR) is 83.0 cm³/mol. The third kappa shape index (κ3) is 3.32. The first-order valence-electron chi connectivity index (χ1n) is 6.29. The van der Waals surface area contributed by atoms with Crippen LogP contribution in [0.2, 0.25) is 5.02 Å². The van der Waals surface area contributed by atoms with Crippen LogP contribution in [0.15, 0.2) is 54.7 Å². The first-order chi connectivity index (χ1) is 10.2. The molecule has 3 N–H and O–H groups in total. The number of H-pyrrole nitrogens is 1. The van der Waals surface area contributed by atoms with Crippen molar-refractivity contribution in [2.24, 2.45) is 0 Å². The molecule has 0 atom stereocenters. The van der Waals surface area contributed by atoms with E-state index >= 15 is 0 Å². The van der Waals surface area contributed by atoms with E-state index in [0.717, 1.165) is 11.4 Å². The Morgan fingerprint density at radius 3 is 2.52 bits per heavy atom. The van der Waals surface area contributed by atoms with Gasteiger partial charge >= 0.3 is 0 Å². The van der Waals surface area contributed by atoms with Crippen molar-refractivity contribution in [1.29, 1.82) is 0 Å². The Labute approximate surface area is 126 Å². The Morgan fingerprint density at radius 1 is 1.00 bits per heavy atom. The summed E-state index contributed by atoms with van der Waals surface area (Å²) in [5, 5.41) is 13.7. The maximum Gasteiger partial charge on any atom is 0.150 e. The van der Waals surface area contributed by atoms with Crippen LogP contribution in [0.1, 0.15) is 0 Å². The van der Waals surface area contributed by atoms with Crippen molar-refractivity contribution in [3.05, 3.63) is 65.6 Å². The molecule has 1 aromatic heterocycles. The summed E-state index contributed by atoms with van der Waals surface area (Å²) in [6, 6.07) is 13.6. The highest BCUT2D eigenvalue weighted by Crippen LogP contribution is 2.27. The molecule has 6 heteroatoms. The Bertz CT molecular complexity index is 695. The average Bonchev–Trinajstić information content (AvgIpc) is 2.86. The molecule has 0 aliphatic heterocycles. The van der Waals surface area contributed by atoms with Crippen molar-refractivity contribution in [2.75, 3.05) is 10.6 Å². The van der Waals surface area contributed by atoms with E-state index in [1.54, 1.807) is 30.5 Å². The molecular weight excluding hydrogens is 291 g/mol. The van der Waals surface area contributed by atoms with Gasteiger partial charge in [-0.3, -0.25) is 5.10 Å². The lowest BCUT2D eigenvalue weighted by atomic mass is 10.3. The molecule has 3 rings (SSSR count). The molecule has 1 heterocycles. The molecule has 0 spiro atoms. The monoisotopic (exact) mass is 302 g/mol. The van der Waals surface area contributed by atoms with Gasteiger partial charge < -0.3 is 10.6 Å². The fraction of sp³-hybridized carbons (Fsp3) is 0. The van der Waals surface area contributed by atoms with Crippen molar-refractivity contribution < 1.29 is 4.39 Å². The summed E-state index contributed by atoms with van der Waals surface area (Å²) in [4.78, 5) is 0. The average molecular weight is 303 g/mol. The van der Waals surface area contributed by atoms with Gasteiger partial charge in [-0.1, -0.05) is 23.7 Å². The topological polar surface area (TPSA) is 52.7 Å². The highest BCUT2D eigenvalue weighted by atomic mass is 35.5. The Balaban J connectivity index is 1.81. The van der Waals surface area contributed by atoms with Crippen LogP contribution >= 0.6 is 11.6 Å². The molecule has 21 heavy (non-hydrogen) atoms. The molecule has 0 unspecified atom stereocenters. The Morgan fingerprint density at radius 2 is 1.76 bits per heavy atom. The minimum atomic E-state index is -0.302. The van der Waals surface area contributed by atoms with E-state index in [1.807, 2.05) is 12.1 Å². The number of halogens is 2. The summed E-state index contributed by atoms with van der Waals surface area (Å²) in [5.41, 5.74) is 2.21. The van der Waals surface area contributed by atoms with Crippen LogP contribution < -0.4 is 10.6 Å². The molecule has 0 saturated carbocycles. The Kier molecular flexibility index (Phi) is 3.75. The molecule has 0 amide bonds. The first-order valence-corrected chi connectivity index (χ1v) is 6.67. The van der Waals surface area contributed by atoms with Crippen LogP contribution in [0.25, 0.3) is 0 Å². The Hall–Kier alpha value is -2.53. The van der Waals surface area contributed by atoms with Crippen LogP contribution in [0, 0.1) is 5.82 Å². The lowest BCUT2D eigenvalue weighted by molar-refractivity contribution is 0.628. The molecule has 4 nitrogen and oxygen atoms in total. The van der Waals surface area contributed by atoms with E-state index in [1.165, 1.54) is 12.1 Å². The van der Waals surface area contributed by atoms with Crippen LogP contribution in [-0.2, 0) is 0 Å². The lowest BCUT2D eigenvalue weighted by Crippen LogP contribution is -1.96. The zero-order chi connectivity index (χ0) is 14.7. The molecule has 0 aliphatic carbocycles. The highest BCUT2D eigenvalue weighted by molar-refractivity contribution is 6.30. The highest BCUT2D eigenvalue weighted by Gasteiger charge is 2.06. The zero-order valence-electron chi connectivity index (χ0n) is 10.9. The van der Waals surface area contributed by atoms with E-state index in [2.05, 4.69) is 20.8 Å². The number of rotatable bonds is 4. The van der Waals surface area contributed by atoms with Crippen LogP contribution in [0.5, 0.6) is 0 Å². The van der Waals surface area contributed by atoms with Crippen molar-refractivity contribution in [3.63, 3.8) is 0 Å². The van der Waals surface area contributed by atoms with Crippen LogP contribution in [0.4, 0.5) is 27.3 Å². The fourth-order valence-corrected chi connectivity index (χ4v) is 2.10. The number of hydrogen-bond donors (Lipinski definition) is 3. The van der Waals surface area contributed by atoms with E-state index in [-0.39, 0.29) is 5.82 Å². The first kappa shape index (κ1) is 13.5. The molecule has 0 aliphatic rings. The van der Waals surface area contributed by atoms with E-state index < -0.39 is 0 Å². The van der Waals surface area contributed by atoms with Crippen molar-refractivity contribution in [3.8, 4) is 0 Å². The maximum atomic E-state index is 13.2. The number of hydrogen-bond acceptors (Lipinski definition) is 3. The zero-order valence-corrected chi connectivity index (χ0v) is 11.7. The lowest BCUT2D eigenvalue weighted by Gasteiger charge is -2.09. The molecule has 2 aromatic carbocycles. The van der Waals surface area contributed by atoms with E-state index in [0.29, 0.717) is 16.5 Å². The number of nitrogens with one attached hydrogen (secondary N) is 3. The molecule has 3 aromatic rings. The van der Waals surface area contributed by atoms with Gasteiger partial charge in [0, 0.05) is 16.4 Å². The van der Waals surface area contributed by atoms with Crippen molar-refractivity contribution in [1.82, 2.24) is 10.2 Å². The summed E-state index contributed by atoms with van der Waals surface area (Å²) in [7, 11) is 0. The number of aromatic nitrogens is 2. The molecule has 0 radical (unpaired) electrons. The molecular formula is C15H12ClFN4. The summed E-state index contributed by atoms with van der Waals surface area (Å²) < 4.78 is 13.2. The second kappa shape index (κ2) is 5.85. The number of nitrogens with zero attached hydrogens (tertiary/aromatic N) is 1. The maximum absolute atomic E-state index is 13.2. The van der Waals surface area contributed by atoms with E-state index in [9.17, 15) is 4.39 Å². The molecule has 0 saturated heterocycles. The SMILES string of the molecule is Fc1cccc(Nc2[nH]ncc2Nc2cccc(Cl)c2)c1. The number of aromatic amines is 1. The van der Waals surface area contributed by atoms with Gasteiger partial charge in [0.15, 0.2) is 0 Å². The molecule has 0 bridgehead atoms. The van der Waals surface area contributed by atoms with Crippen LogP contribution in [-0.4, -0.2) is 10.2 Å². The smallest absolute Gasteiger partial charge is 0.150 e. The predicted octanol–water partition coefficient (Wildman–Crippen LogP) is 4.69. The third-order valence-corrected chi connectivity index (χ3v) is 3.07. The minimum absolute atomic E-state index is 0.302. The number of anilines is 4. The van der Waals surface area contributed by atoms with Crippen molar-refractivity contribution >= 4 is 34.5 Å². The van der Waals surface area contributed by atoms with Gasteiger partial charge in [0.1, 0.15) is 17.3 Å². The second-order valence-electron chi connectivity index (χ2n) is 4.43. The normalized spacial score (nSPS) is 10.4. The summed E-state index contributed by atoms with van der Waals surface area (Å²) in [6.45, 7) is 0. The minimum Gasteiger partial charge on any atom is -0.351 e. The standard InChI is InChI=1S/C15H12ClFN4/c16-10-3-1-5-12(7-10)19-14-9-18-21-15(14)20-13-6-2-4-11(17)8-13/h1-9,19H,(H2,18,20,21). The van der Waals surface area contributed by atoms with Gasteiger partial charge in [0.05, 0.1) is 6.20 Å². The van der Waals surface area contributed by atoms with Gasteiger partial charge in [0.25, 0.3) is 0 Å². The van der Waals surface area contributed by atoms with Gasteiger partial charge in [0.2, 0.25) is 0 Å². The number of benzene rings is 2. The third-order valence-electron chi connectivity index (χ3n) is 2.84. The molecule has 0 fully saturated rings. The van der Waals surface area contributed by atoms with Crippen molar-refractivity contribution in [2.45, 2.75) is 0 Å². The van der Waals surface area contributed by atoms with E-state index in [4.69, 9.17) is 11.6 Å². The van der Waals surface area contributed by atoms with Gasteiger partial charge in [-0.2, -0.15) is 5.10 Å². The largest absolute Gasteiger partial charge is 0.351 e.